The summed E-state index contributed by atoms with van der Waals surface area (Å²) in [5, 5.41) is 0. The van der Waals surface area contributed by atoms with Crippen molar-refractivity contribution in [3.05, 3.63) is 48.6 Å². The van der Waals surface area contributed by atoms with Gasteiger partial charge in [-0.1, -0.05) is 36.4 Å². The van der Waals surface area contributed by atoms with Crippen molar-refractivity contribution in [1.29, 1.82) is 0 Å². The summed E-state index contributed by atoms with van der Waals surface area (Å²) in [6, 6.07) is 9.81. The maximum atomic E-state index is 10.6. The zero-order chi connectivity index (χ0) is 11.8. The van der Waals surface area contributed by atoms with Crippen LogP contribution in [0.25, 0.3) is 0 Å². The van der Waals surface area contributed by atoms with Gasteiger partial charge in [0, 0.05) is 6.92 Å². The molecule has 0 radical (unpaired) electrons. The summed E-state index contributed by atoms with van der Waals surface area (Å²) >= 11 is 0. The normalized spacial score (nSPS) is 11.8. The molecular weight excluding hydrogens is 204 g/mol. The maximum absolute atomic E-state index is 10.6. The Morgan fingerprint density at radius 2 is 2.12 bits per heavy atom. The van der Waals surface area contributed by atoms with Crippen molar-refractivity contribution in [3.8, 4) is 0 Å². The van der Waals surface area contributed by atoms with Gasteiger partial charge in [0.05, 0.1) is 6.61 Å². The maximum Gasteiger partial charge on any atom is 0.302 e. The van der Waals surface area contributed by atoms with Crippen LogP contribution < -0.4 is 0 Å². The highest BCUT2D eigenvalue weighted by atomic mass is 16.6. The van der Waals surface area contributed by atoms with Crippen molar-refractivity contribution in [2.24, 2.45) is 0 Å². The second-order valence-corrected chi connectivity index (χ2v) is 3.37. The van der Waals surface area contributed by atoms with Gasteiger partial charge in [-0.15, -0.1) is 6.58 Å². The summed E-state index contributed by atoms with van der Waals surface area (Å²) < 4.78 is 10.4. The Bertz CT molecular complexity index is 332. The van der Waals surface area contributed by atoms with Crippen LogP contribution in [-0.4, -0.2) is 18.7 Å². The number of esters is 1. The molecule has 0 heterocycles. The van der Waals surface area contributed by atoms with Crippen LogP contribution >= 0.6 is 0 Å². The van der Waals surface area contributed by atoms with E-state index in [1.807, 2.05) is 30.3 Å². The van der Waals surface area contributed by atoms with Crippen molar-refractivity contribution in [2.75, 3.05) is 6.61 Å². The summed E-state index contributed by atoms with van der Waals surface area (Å²) in [4.78, 5) is 10.6. The molecule has 3 nitrogen and oxygen atoms in total. The Morgan fingerprint density at radius 1 is 1.44 bits per heavy atom. The molecule has 3 heteroatoms. The number of carbonyl (C=O) groups excluding carboxylic acids is 1. The van der Waals surface area contributed by atoms with Gasteiger partial charge in [-0.2, -0.15) is 0 Å². The van der Waals surface area contributed by atoms with Crippen LogP contribution in [-0.2, 0) is 20.9 Å². The minimum Gasteiger partial charge on any atom is -0.463 e. The molecule has 86 valence electrons. The molecule has 1 rings (SSSR count). The Labute approximate surface area is 95.7 Å². The fraction of sp³-hybridized carbons (Fsp3) is 0.308. The van der Waals surface area contributed by atoms with Gasteiger partial charge in [-0.05, 0) is 5.56 Å². The number of hydrogen-bond donors (Lipinski definition) is 0. The first-order chi connectivity index (χ1) is 7.72. The summed E-state index contributed by atoms with van der Waals surface area (Å²) in [6.45, 7) is 5.71. The molecule has 0 amide bonds. The fourth-order valence-electron chi connectivity index (χ4n) is 1.16. The predicted molar refractivity (Wildman–Crippen MR) is 61.8 cm³/mol. The van der Waals surface area contributed by atoms with E-state index in [1.54, 1.807) is 6.08 Å². The molecule has 0 aromatic heterocycles. The molecule has 0 aliphatic heterocycles. The molecule has 16 heavy (non-hydrogen) atoms. The van der Waals surface area contributed by atoms with E-state index in [-0.39, 0.29) is 18.7 Å². The van der Waals surface area contributed by atoms with E-state index in [1.165, 1.54) is 6.92 Å². The third-order valence-corrected chi connectivity index (χ3v) is 2.02. The highest BCUT2D eigenvalue weighted by molar-refractivity contribution is 5.65. The van der Waals surface area contributed by atoms with Gasteiger partial charge in [-0.25, -0.2) is 0 Å². The molecule has 1 aromatic rings. The van der Waals surface area contributed by atoms with Crippen LogP contribution in [0.2, 0.25) is 0 Å². The largest absolute Gasteiger partial charge is 0.463 e. The lowest BCUT2D eigenvalue weighted by Gasteiger charge is -2.13. The van der Waals surface area contributed by atoms with Gasteiger partial charge in [0.1, 0.15) is 12.7 Å². The van der Waals surface area contributed by atoms with Crippen LogP contribution in [0.1, 0.15) is 12.5 Å². The first-order valence-corrected chi connectivity index (χ1v) is 5.14. The quantitative estimate of drug-likeness (QED) is 0.545. The van der Waals surface area contributed by atoms with E-state index >= 15 is 0 Å². The highest BCUT2D eigenvalue weighted by Crippen LogP contribution is 2.04. The van der Waals surface area contributed by atoms with E-state index in [0.29, 0.717) is 6.61 Å². The van der Waals surface area contributed by atoms with Crippen molar-refractivity contribution >= 4 is 5.97 Å². The van der Waals surface area contributed by atoms with E-state index in [2.05, 4.69) is 6.58 Å². The van der Waals surface area contributed by atoms with E-state index in [9.17, 15) is 4.79 Å². The highest BCUT2D eigenvalue weighted by Gasteiger charge is 2.06. The number of hydrogen-bond acceptors (Lipinski definition) is 3. The average molecular weight is 220 g/mol. The number of rotatable bonds is 6. The monoisotopic (exact) mass is 220 g/mol. The molecule has 0 spiro atoms. The van der Waals surface area contributed by atoms with Crippen molar-refractivity contribution in [3.63, 3.8) is 0 Å². The van der Waals surface area contributed by atoms with E-state index < -0.39 is 0 Å². The van der Waals surface area contributed by atoms with Gasteiger partial charge >= 0.3 is 5.97 Å². The van der Waals surface area contributed by atoms with Gasteiger partial charge < -0.3 is 9.47 Å². The summed E-state index contributed by atoms with van der Waals surface area (Å²) in [5.41, 5.74) is 1.08. The number of benzene rings is 1. The molecule has 0 fully saturated rings. The molecule has 1 aromatic carbocycles. The molecule has 0 N–H and O–H groups in total. The Morgan fingerprint density at radius 3 is 2.69 bits per heavy atom. The minimum absolute atomic E-state index is 0.214. The van der Waals surface area contributed by atoms with Crippen molar-refractivity contribution in [1.82, 2.24) is 0 Å². The molecule has 0 bridgehead atoms. The summed E-state index contributed by atoms with van der Waals surface area (Å²) in [6.07, 6.45) is 1.37. The van der Waals surface area contributed by atoms with Gasteiger partial charge in [0.15, 0.2) is 0 Å². The number of carbonyl (C=O) groups is 1. The van der Waals surface area contributed by atoms with E-state index in [0.717, 1.165) is 5.56 Å². The molecule has 1 unspecified atom stereocenters. The summed E-state index contributed by atoms with van der Waals surface area (Å²) in [7, 11) is 0. The lowest BCUT2D eigenvalue weighted by Crippen LogP contribution is -2.18. The van der Waals surface area contributed by atoms with Crippen molar-refractivity contribution < 1.29 is 14.3 Å². The SMILES string of the molecule is C=CC(COC(C)=O)OCc1ccccc1. The Kier molecular flexibility index (Phi) is 5.29. The lowest BCUT2D eigenvalue weighted by molar-refractivity contribution is -0.144. The average Bonchev–Trinajstić information content (AvgIpc) is 2.30. The zero-order valence-corrected chi connectivity index (χ0v) is 9.39. The van der Waals surface area contributed by atoms with Crippen LogP contribution in [0.3, 0.4) is 0 Å². The van der Waals surface area contributed by atoms with Crippen LogP contribution in [0.15, 0.2) is 43.0 Å². The van der Waals surface area contributed by atoms with Gasteiger partial charge in [0.2, 0.25) is 0 Å². The fourth-order valence-corrected chi connectivity index (χ4v) is 1.16. The summed E-state index contributed by atoms with van der Waals surface area (Å²) in [5.74, 6) is -0.310. The molecule has 1 atom stereocenters. The Balaban J connectivity index is 2.34. The third kappa shape index (κ3) is 4.75. The number of ether oxygens (including phenoxy) is 2. The first kappa shape index (κ1) is 12.5. The molecular formula is C13H16O3. The first-order valence-electron chi connectivity index (χ1n) is 5.14. The van der Waals surface area contributed by atoms with Gasteiger partial charge in [-0.3, -0.25) is 4.79 Å². The topological polar surface area (TPSA) is 35.5 Å². The zero-order valence-electron chi connectivity index (χ0n) is 9.39. The van der Waals surface area contributed by atoms with Crippen LogP contribution in [0, 0.1) is 0 Å². The molecule has 0 saturated carbocycles. The standard InChI is InChI=1S/C13H16O3/c1-3-13(10-15-11(2)14)16-9-12-7-5-4-6-8-12/h3-8,13H,1,9-10H2,2H3. The van der Waals surface area contributed by atoms with Crippen molar-refractivity contribution in [2.45, 2.75) is 19.6 Å². The second kappa shape index (κ2) is 6.80. The third-order valence-electron chi connectivity index (χ3n) is 2.02. The molecule has 0 aliphatic rings. The van der Waals surface area contributed by atoms with Crippen LogP contribution in [0.4, 0.5) is 0 Å². The van der Waals surface area contributed by atoms with E-state index in [4.69, 9.17) is 9.47 Å². The second-order valence-electron chi connectivity index (χ2n) is 3.37. The lowest BCUT2D eigenvalue weighted by atomic mass is 10.2. The molecule has 0 aliphatic carbocycles. The smallest absolute Gasteiger partial charge is 0.302 e. The predicted octanol–water partition coefficient (Wildman–Crippen LogP) is 2.32. The van der Waals surface area contributed by atoms with Crippen LogP contribution in [0.5, 0.6) is 0 Å². The molecule has 0 saturated heterocycles. The minimum atomic E-state index is -0.310. The Hall–Kier alpha value is -1.61. The van der Waals surface area contributed by atoms with Gasteiger partial charge in [0.25, 0.3) is 0 Å².